The van der Waals surface area contributed by atoms with Gasteiger partial charge in [-0.15, -0.1) is 0 Å². The summed E-state index contributed by atoms with van der Waals surface area (Å²) in [5, 5.41) is 0. The Morgan fingerprint density at radius 1 is 0.369 bits per heavy atom. The Morgan fingerprint density at radius 2 is 0.690 bits per heavy atom. The standard InChI is InChI=1S/C58H83FO25/c1-28(60)70-25-34-36(73-29(2)61)40(74-30(3)62)43(75-31(4)63)47(77-34)80-38-35(26-71-46(64)32-23-21-20-22-24-32)78-48(44(84-53(69)58(17,18)19)41(38)82-51(67)56(11,12)13)79-37-33(27-72-49(65)54(5,6)7)76-45(59)42(83-52(68)57(14,15)16)39(37)81-50(66)55(8,9)10/h20-24,33-45,47-48H,25-27H2,1-19H3/t33-,34-,35-,36+,37-,38+,39+,40+,41+,42-,43-,44-,45-,47-,48+/m1/s1. The highest BCUT2D eigenvalue weighted by Crippen LogP contribution is 2.40. The molecule has 3 aliphatic heterocycles. The first-order valence-corrected chi connectivity index (χ1v) is 27.3. The number of rotatable bonds is 18. The summed E-state index contributed by atoms with van der Waals surface area (Å²) in [6.07, 6.45) is -29.9. The Hall–Kier alpha value is -6.35. The van der Waals surface area contributed by atoms with Crippen LogP contribution in [0.1, 0.15) is 142 Å². The summed E-state index contributed by atoms with van der Waals surface area (Å²) in [6, 6.07) is 7.57. The maximum absolute atomic E-state index is 16.9. The zero-order valence-electron chi connectivity index (χ0n) is 51.3. The molecule has 25 nitrogen and oxygen atoms in total. The van der Waals surface area contributed by atoms with Crippen LogP contribution in [-0.4, -0.2) is 172 Å². The van der Waals surface area contributed by atoms with E-state index in [2.05, 4.69) is 0 Å². The molecule has 3 saturated heterocycles. The molecule has 4 rings (SSSR count). The average Bonchev–Trinajstić information content (AvgIpc) is 3.33. The zero-order chi connectivity index (χ0) is 63.8. The first-order valence-electron chi connectivity index (χ1n) is 27.3. The summed E-state index contributed by atoms with van der Waals surface area (Å²) < 4.78 is 107. The van der Waals surface area contributed by atoms with Crippen molar-refractivity contribution in [2.75, 3.05) is 19.8 Å². The van der Waals surface area contributed by atoms with Crippen LogP contribution in [0.5, 0.6) is 0 Å². The minimum Gasteiger partial charge on any atom is -0.463 e. The van der Waals surface area contributed by atoms with Crippen molar-refractivity contribution in [3.05, 3.63) is 35.9 Å². The number of esters is 10. The van der Waals surface area contributed by atoms with Crippen LogP contribution in [0, 0.1) is 27.1 Å². The van der Waals surface area contributed by atoms with Crippen molar-refractivity contribution in [2.24, 2.45) is 27.1 Å². The van der Waals surface area contributed by atoms with Gasteiger partial charge in [-0.3, -0.25) is 43.2 Å². The van der Waals surface area contributed by atoms with Crippen LogP contribution in [0.15, 0.2) is 30.3 Å². The monoisotopic (exact) mass is 1200 g/mol. The van der Waals surface area contributed by atoms with Gasteiger partial charge in [-0.1, -0.05) is 18.2 Å². The SMILES string of the molecule is CC(=O)OC[C@H]1O[C@H](O[C@@H]2[C@H](OC(=O)C(C)(C)C)[C@@H](OC(=O)C(C)(C)C)[C@H](O[C@H]3[C@H](OC(=O)C(C)(C)C)[C@@H](OC(=O)C(C)(C)C)[C@H](F)O[C@@H]3COC(=O)C(C)(C)C)O[C@@H]2COC(=O)c2ccccc2)[C@H](OC(C)=O)[C@@H](OC(C)=O)[C@H]1OC(C)=O. The molecule has 84 heavy (non-hydrogen) atoms. The molecular formula is C58H83FO25. The molecule has 0 aromatic heterocycles. The zero-order valence-corrected chi connectivity index (χ0v) is 51.3. The van der Waals surface area contributed by atoms with Crippen molar-refractivity contribution in [2.45, 2.75) is 224 Å². The number of alkyl halides is 1. The van der Waals surface area contributed by atoms with E-state index in [1.807, 2.05) is 0 Å². The Bertz CT molecular complexity index is 2520. The Labute approximate surface area is 488 Å². The van der Waals surface area contributed by atoms with Gasteiger partial charge in [-0.05, 0) is 116 Å². The topological polar surface area (TPSA) is 309 Å². The quantitative estimate of drug-likeness (QED) is 0.129. The van der Waals surface area contributed by atoms with E-state index in [-0.39, 0.29) is 5.56 Å². The van der Waals surface area contributed by atoms with E-state index in [9.17, 15) is 47.9 Å². The van der Waals surface area contributed by atoms with Crippen molar-refractivity contribution < 1.29 is 123 Å². The van der Waals surface area contributed by atoms with Gasteiger partial charge in [0, 0.05) is 27.7 Å². The third-order valence-corrected chi connectivity index (χ3v) is 12.5. The molecule has 3 aliphatic rings. The van der Waals surface area contributed by atoms with E-state index in [1.54, 1.807) is 18.2 Å². The maximum Gasteiger partial charge on any atom is 0.338 e. The predicted molar refractivity (Wildman–Crippen MR) is 285 cm³/mol. The van der Waals surface area contributed by atoms with Gasteiger partial charge in [0.1, 0.15) is 50.3 Å². The van der Waals surface area contributed by atoms with Crippen molar-refractivity contribution in [1.82, 2.24) is 0 Å². The second-order valence-corrected chi connectivity index (χ2v) is 25.6. The lowest BCUT2D eigenvalue weighted by atomic mass is 9.92. The molecule has 0 radical (unpaired) electrons. The molecule has 0 aliphatic carbocycles. The molecule has 0 N–H and O–H groups in total. The average molecular weight is 1200 g/mol. The van der Waals surface area contributed by atoms with Gasteiger partial charge < -0.3 is 71.1 Å². The van der Waals surface area contributed by atoms with E-state index in [0.717, 1.165) is 27.7 Å². The fourth-order valence-electron chi connectivity index (χ4n) is 7.97. The van der Waals surface area contributed by atoms with Gasteiger partial charge in [0.2, 0.25) is 6.36 Å². The first-order chi connectivity index (χ1) is 38.5. The molecule has 1 aromatic rings. The molecule has 15 atom stereocenters. The summed E-state index contributed by atoms with van der Waals surface area (Å²) in [5.41, 5.74) is -6.58. The summed E-state index contributed by atoms with van der Waals surface area (Å²) in [5.74, 6) is -9.62. The summed E-state index contributed by atoms with van der Waals surface area (Å²) in [7, 11) is 0. The largest absolute Gasteiger partial charge is 0.463 e. The molecule has 0 amide bonds. The van der Waals surface area contributed by atoms with E-state index in [1.165, 1.54) is 116 Å². The molecule has 26 heteroatoms. The maximum atomic E-state index is 16.9. The highest BCUT2D eigenvalue weighted by molar-refractivity contribution is 5.89. The Morgan fingerprint density at radius 3 is 1.11 bits per heavy atom. The number of ether oxygens (including phenoxy) is 15. The molecule has 3 fully saturated rings. The summed E-state index contributed by atoms with van der Waals surface area (Å²) in [6.45, 7) is 23.8. The Kier molecular flexibility index (Phi) is 23.6. The molecule has 0 spiro atoms. The minimum absolute atomic E-state index is 0.0259. The van der Waals surface area contributed by atoms with Crippen LogP contribution >= 0.6 is 0 Å². The van der Waals surface area contributed by atoms with Gasteiger partial charge >= 0.3 is 59.7 Å². The van der Waals surface area contributed by atoms with Crippen LogP contribution in [0.25, 0.3) is 0 Å². The second kappa shape index (κ2) is 28.2. The van der Waals surface area contributed by atoms with Crippen LogP contribution in [-0.2, 0) is 114 Å². The van der Waals surface area contributed by atoms with Crippen molar-refractivity contribution >= 4 is 59.7 Å². The predicted octanol–water partition coefficient (Wildman–Crippen LogP) is 5.54. The van der Waals surface area contributed by atoms with E-state index in [0.29, 0.717) is 0 Å². The van der Waals surface area contributed by atoms with Crippen molar-refractivity contribution in [3.8, 4) is 0 Å². The molecule has 3 heterocycles. The molecule has 1 aromatic carbocycles. The normalized spacial score (nSPS) is 28.5. The number of hydrogen-bond donors (Lipinski definition) is 0. The lowest BCUT2D eigenvalue weighted by Crippen LogP contribution is -2.69. The van der Waals surface area contributed by atoms with Gasteiger partial charge in [0.05, 0.1) is 32.6 Å². The van der Waals surface area contributed by atoms with Gasteiger partial charge in [0.25, 0.3) is 0 Å². The fraction of sp³-hybridized carbons (Fsp3) is 0.724. The van der Waals surface area contributed by atoms with E-state index >= 15 is 4.39 Å². The van der Waals surface area contributed by atoms with Crippen LogP contribution in [0.3, 0.4) is 0 Å². The molecule has 0 bridgehead atoms. The molecule has 472 valence electrons. The smallest absolute Gasteiger partial charge is 0.338 e. The van der Waals surface area contributed by atoms with Crippen molar-refractivity contribution in [1.29, 1.82) is 0 Å². The second-order valence-electron chi connectivity index (χ2n) is 25.6. The molecule has 0 unspecified atom stereocenters. The Balaban J connectivity index is 2.13. The van der Waals surface area contributed by atoms with E-state index < -0.39 is 199 Å². The first kappa shape index (κ1) is 70.1. The van der Waals surface area contributed by atoms with Gasteiger partial charge in [0.15, 0.2) is 55.3 Å². The van der Waals surface area contributed by atoms with Gasteiger partial charge in [-0.25, -0.2) is 9.18 Å². The number of hydrogen-bond acceptors (Lipinski definition) is 25. The molecular weight excluding hydrogens is 1120 g/mol. The number of carbonyl (C=O) groups excluding carboxylic acids is 10. The van der Waals surface area contributed by atoms with Crippen LogP contribution in [0.4, 0.5) is 4.39 Å². The minimum atomic E-state index is -2.61. The highest BCUT2D eigenvalue weighted by Gasteiger charge is 2.61. The lowest BCUT2D eigenvalue weighted by molar-refractivity contribution is -0.377. The number of carbonyl (C=O) groups is 10. The van der Waals surface area contributed by atoms with Crippen LogP contribution < -0.4 is 0 Å². The highest BCUT2D eigenvalue weighted by atomic mass is 19.1. The van der Waals surface area contributed by atoms with Gasteiger partial charge in [-0.2, -0.15) is 0 Å². The lowest BCUT2D eigenvalue weighted by Gasteiger charge is -2.50. The van der Waals surface area contributed by atoms with Crippen molar-refractivity contribution in [3.63, 3.8) is 0 Å². The third-order valence-electron chi connectivity index (χ3n) is 12.5. The fourth-order valence-corrected chi connectivity index (χ4v) is 7.97. The molecule has 0 saturated carbocycles. The van der Waals surface area contributed by atoms with E-state index in [4.69, 9.17) is 71.1 Å². The number of halogens is 1. The summed E-state index contributed by atoms with van der Waals surface area (Å²) in [4.78, 5) is 135. The summed E-state index contributed by atoms with van der Waals surface area (Å²) >= 11 is 0. The third kappa shape index (κ3) is 19.6. The number of benzene rings is 1. The van der Waals surface area contributed by atoms with Crippen LogP contribution in [0.2, 0.25) is 0 Å².